The van der Waals surface area contributed by atoms with Crippen molar-refractivity contribution in [3.05, 3.63) is 68.4 Å². The van der Waals surface area contributed by atoms with E-state index in [1.165, 1.54) is 12.1 Å². The van der Waals surface area contributed by atoms with Crippen molar-refractivity contribution < 1.29 is 4.39 Å². The summed E-state index contributed by atoms with van der Waals surface area (Å²) in [6, 6.07) is 9.59. The Hall–Kier alpha value is -0.280. The first kappa shape index (κ1) is 14.1. The Morgan fingerprint density at radius 1 is 0.944 bits per heavy atom. The largest absolute Gasteiger partial charge is 0.207 e. The third-order valence-electron chi connectivity index (χ3n) is 2.47. The first-order chi connectivity index (χ1) is 8.49. The first-order valence-corrected chi connectivity index (χ1v) is 7.08. The van der Waals surface area contributed by atoms with Crippen molar-refractivity contribution in [3.8, 4) is 0 Å². The Balaban J connectivity index is 2.44. The molecule has 1 atom stereocenters. The van der Waals surface area contributed by atoms with Crippen molar-refractivity contribution in [2.24, 2.45) is 0 Å². The molecule has 0 aromatic heterocycles. The van der Waals surface area contributed by atoms with Crippen LogP contribution < -0.4 is 0 Å². The van der Waals surface area contributed by atoms with E-state index in [2.05, 4.69) is 15.9 Å². The van der Waals surface area contributed by atoms with Crippen molar-refractivity contribution in [1.82, 2.24) is 0 Å². The average Bonchev–Trinajstić information content (AvgIpc) is 2.35. The molecule has 18 heavy (non-hydrogen) atoms. The molecule has 0 spiro atoms. The molecule has 0 bridgehead atoms. The number of hydrogen-bond acceptors (Lipinski definition) is 0. The van der Waals surface area contributed by atoms with Crippen LogP contribution in [-0.2, 0) is 0 Å². The fourth-order valence-corrected chi connectivity index (χ4v) is 2.68. The number of alkyl halides is 1. The standard InChI is InChI=1S/C13H7BrCl3F/c14-13(7-1-3-10(16)11(17)5-7)9-6-8(15)2-4-12(9)18/h1-6,13H. The number of rotatable bonds is 2. The van der Waals surface area contributed by atoms with Gasteiger partial charge in [0.2, 0.25) is 0 Å². The Bertz CT molecular complexity index is 586. The minimum absolute atomic E-state index is 0.327. The van der Waals surface area contributed by atoms with Crippen LogP contribution in [0.2, 0.25) is 15.1 Å². The number of halogens is 5. The quantitative estimate of drug-likeness (QED) is 0.548. The molecule has 1 unspecified atom stereocenters. The van der Waals surface area contributed by atoms with Crippen LogP contribution in [0.5, 0.6) is 0 Å². The Labute approximate surface area is 128 Å². The summed E-state index contributed by atoms with van der Waals surface area (Å²) in [7, 11) is 0. The molecule has 0 fully saturated rings. The van der Waals surface area contributed by atoms with Gasteiger partial charge >= 0.3 is 0 Å². The summed E-state index contributed by atoms with van der Waals surface area (Å²) in [4.78, 5) is -0.328. The van der Waals surface area contributed by atoms with Gasteiger partial charge in [-0.05, 0) is 35.9 Å². The molecule has 0 radical (unpaired) electrons. The van der Waals surface area contributed by atoms with E-state index in [-0.39, 0.29) is 10.6 Å². The molecule has 2 rings (SSSR count). The second kappa shape index (κ2) is 5.79. The molecule has 0 aliphatic rings. The maximum Gasteiger partial charge on any atom is 0.127 e. The van der Waals surface area contributed by atoms with Crippen LogP contribution in [0.3, 0.4) is 0 Å². The van der Waals surface area contributed by atoms with Crippen LogP contribution in [0.4, 0.5) is 4.39 Å². The second-order valence-electron chi connectivity index (χ2n) is 3.70. The summed E-state index contributed by atoms with van der Waals surface area (Å²) in [6.07, 6.45) is 0. The Kier molecular flexibility index (Phi) is 4.54. The van der Waals surface area contributed by atoms with Gasteiger partial charge in [-0.3, -0.25) is 0 Å². The molecule has 0 saturated heterocycles. The molecular weight excluding hydrogens is 361 g/mol. The van der Waals surface area contributed by atoms with Crippen LogP contribution in [0.15, 0.2) is 36.4 Å². The summed E-state index contributed by atoms with van der Waals surface area (Å²) in [5.41, 5.74) is 1.27. The van der Waals surface area contributed by atoms with Gasteiger partial charge in [-0.1, -0.05) is 56.8 Å². The van der Waals surface area contributed by atoms with E-state index in [1.54, 1.807) is 24.3 Å². The van der Waals surface area contributed by atoms with Crippen molar-refractivity contribution in [2.75, 3.05) is 0 Å². The molecule has 0 nitrogen and oxygen atoms in total. The van der Waals surface area contributed by atoms with E-state index in [0.717, 1.165) is 5.56 Å². The lowest BCUT2D eigenvalue weighted by atomic mass is 10.0. The zero-order chi connectivity index (χ0) is 13.3. The van der Waals surface area contributed by atoms with Gasteiger partial charge in [-0.2, -0.15) is 0 Å². The third kappa shape index (κ3) is 3.00. The maximum absolute atomic E-state index is 13.7. The molecule has 0 amide bonds. The first-order valence-electron chi connectivity index (χ1n) is 5.03. The van der Waals surface area contributed by atoms with Crippen LogP contribution >= 0.6 is 50.7 Å². The van der Waals surface area contributed by atoms with E-state index in [4.69, 9.17) is 34.8 Å². The van der Waals surface area contributed by atoms with Crippen molar-refractivity contribution in [1.29, 1.82) is 0 Å². The molecule has 94 valence electrons. The van der Waals surface area contributed by atoms with Crippen LogP contribution in [-0.4, -0.2) is 0 Å². The van der Waals surface area contributed by atoms with E-state index in [0.29, 0.717) is 20.6 Å². The predicted molar refractivity (Wildman–Crippen MR) is 78.6 cm³/mol. The van der Waals surface area contributed by atoms with Gasteiger partial charge in [0.15, 0.2) is 0 Å². The van der Waals surface area contributed by atoms with Gasteiger partial charge in [0.05, 0.1) is 14.9 Å². The minimum Gasteiger partial charge on any atom is -0.207 e. The van der Waals surface area contributed by atoms with E-state index in [9.17, 15) is 4.39 Å². The molecule has 0 N–H and O–H groups in total. The summed E-state index contributed by atoms with van der Waals surface area (Å²) in [6.45, 7) is 0. The molecule has 0 aliphatic carbocycles. The van der Waals surface area contributed by atoms with Gasteiger partial charge in [0, 0.05) is 10.6 Å². The average molecular weight is 368 g/mol. The topological polar surface area (TPSA) is 0 Å². The predicted octanol–water partition coefficient (Wildman–Crippen LogP) is 6.27. The molecule has 2 aromatic carbocycles. The number of hydrogen-bond donors (Lipinski definition) is 0. The van der Waals surface area contributed by atoms with E-state index in [1.807, 2.05) is 0 Å². The Morgan fingerprint density at radius 3 is 2.33 bits per heavy atom. The van der Waals surface area contributed by atoms with Gasteiger partial charge in [0.1, 0.15) is 5.82 Å². The summed E-state index contributed by atoms with van der Waals surface area (Å²) >= 11 is 21.1. The monoisotopic (exact) mass is 366 g/mol. The third-order valence-corrected chi connectivity index (χ3v) is 4.46. The zero-order valence-electron chi connectivity index (χ0n) is 8.93. The van der Waals surface area contributed by atoms with Crippen LogP contribution in [0.25, 0.3) is 0 Å². The van der Waals surface area contributed by atoms with E-state index >= 15 is 0 Å². The van der Waals surface area contributed by atoms with E-state index < -0.39 is 0 Å². The lowest BCUT2D eigenvalue weighted by Crippen LogP contribution is -1.96. The highest BCUT2D eigenvalue weighted by Crippen LogP contribution is 2.36. The molecule has 0 heterocycles. The normalized spacial score (nSPS) is 12.5. The lowest BCUT2D eigenvalue weighted by Gasteiger charge is -2.13. The maximum atomic E-state index is 13.7. The number of benzene rings is 2. The molecule has 0 saturated carbocycles. The molecule has 2 aromatic rings. The van der Waals surface area contributed by atoms with Crippen molar-refractivity contribution >= 4 is 50.7 Å². The van der Waals surface area contributed by atoms with Crippen LogP contribution in [0.1, 0.15) is 16.0 Å². The fourth-order valence-electron chi connectivity index (χ4n) is 1.56. The van der Waals surface area contributed by atoms with Gasteiger partial charge < -0.3 is 0 Å². The highest BCUT2D eigenvalue weighted by atomic mass is 79.9. The lowest BCUT2D eigenvalue weighted by molar-refractivity contribution is 0.613. The smallest absolute Gasteiger partial charge is 0.127 e. The highest BCUT2D eigenvalue weighted by molar-refractivity contribution is 9.09. The van der Waals surface area contributed by atoms with Crippen molar-refractivity contribution in [2.45, 2.75) is 4.83 Å². The second-order valence-corrected chi connectivity index (χ2v) is 5.87. The van der Waals surface area contributed by atoms with Crippen LogP contribution in [0, 0.1) is 5.82 Å². The highest BCUT2D eigenvalue weighted by Gasteiger charge is 2.16. The van der Waals surface area contributed by atoms with Gasteiger partial charge in [-0.25, -0.2) is 4.39 Å². The SMILES string of the molecule is Fc1ccc(Cl)cc1C(Br)c1ccc(Cl)c(Cl)c1. The fraction of sp³-hybridized carbons (Fsp3) is 0.0769. The van der Waals surface area contributed by atoms with Gasteiger partial charge in [-0.15, -0.1) is 0 Å². The molecular formula is C13H7BrCl3F. The summed E-state index contributed by atoms with van der Waals surface area (Å²) < 4.78 is 13.7. The Morgan fingerprint density at radius 2 is 1.67 bits per heavy atom. The van der Waals surface area contributed by atoms with Crippen molar-refractivity contribution in [3.63, 3.8) is 0 Å². The summed E-state index contributed by atoms with van der Waals surface area (Å²) in [5, 5.41) is 1.38. The minimum atomic E-state index is -0.328. The zero-order valence-corrected chi connectivity index (χ0v) is 12.8. The van der Waals surface area contributed by atoms with Gasteiger partial charge in [0.25, 0.3) is 0 Å². The molecule has 5 heteroatoms. The molecule has 0 aliphatic heterocycles. The summed E-state index contributed by atoms with van der Waals surface area (Å²) in [5.74, 6) is -0.327.